The Morgan fingerprint density at radius 2 is 1.75 bits per heavy atom. The van der Waals surface area contributed by atoms with Crippen LogP contribution < -0.4 is 15.8 Å². The molecule has 8 heteroatoms. The number of hydrogen-bond acceptors (Lipinski definition) is 6. The van der Waals surface area contributed by atoms with E-state index in [9.17, 15) is 0 Å². The molecule has 0 amide bonds. The van der Waals surface area contributed by atoms with Crippen molar-refractivity contribution in [2.24, 2.45) is 0 Å². The first-order valence-electron chi connectivity index (χ1n) is 5.83. The number of nitrogens with zero attached hydrogens (tertiary/aromatic N) is 3. The Kier molecular flexibility index (Phi) is 4.46. The fourth-order valence-electron chi connectivity index (χ4n) is 1.45. The molecule has 0 unspecified atom stereocenters. The summed E-state index contributed by atoms with van der Waals surface area (Å²) in [6, 6.07) is 5.17. The minimum Gasteiger partial charge on any atom is -0.461 e. The van der Waals surface area contributed by atoms with E-state index in [1.807, 2.05) is 13.8 Å². The van der Waals surface area contributed by atoms with Crippen LogP contribution in [-0.4, -0.2) is 21.1 Å². The van der Waals surface area contributed by atoms with Crippen molar-refractivity contribution in [3.05, 3.63) is 28.2 Å². The first-order valence-corrected chi connectivity index (χ1v) is 6.59. The van der Waals surface area contributed by atoms with E-state index in [0.717, 1.165) is 0 Å². The Labute approximate surface area is 126 Å². The second-order valence-electron chi connectivity index (χ2n) is 4.25. The molecule has 0 aliphatic heterocycles. The predicted molar refractivity (Wildman–Crippen MR) is 79.7 cm³/mol. The smallest absolute Gasteiger partial charge is 0.323 e. The summed E-state index contributed by atoms with van der Waals surface area (Å²) in [7, 11) is 0. The van der Waals surface area contributed by atoms with Crippen molar-refractivity contribution in [2.75, 3.05) is 11.1 Å². The number of rotatable bonds is 4. The molecule has 0 bridgehead atoms. The number of nitrogen functional groups attached to an aromatic ring is 1. The molecule has 20 heavy (non-hydrogen) atoms. The number of aromatic nitrogens is 3. The number of nitrogens with two attached hydrogens (primary N) is 1. The highest BCUT2D eigenvalue weighted by molar-refractivity contribution is 6.35. The fourth-order valence-corrected chi connectivity index (χ4v) is 1.97. The lowest BCUT2D eigenvalue weighted by molar-refractivity contribution is 0.222. The van der Waals surface area contributed by atoms with Crippen LogP contribution in [-0.2, 0) is 0 Å². The van der Waals surface area contributed by atoms with E-state index in [-0.39, 0.29) is 24.0 Å². The number of nitrogens with one attached hydrogen (secondary N) is 1. The van der Waals surface area contributed by atoms with Gasteiger partial charge in [0.2, 0.25) is 11.9 Å². The third kappa shape index (κ3) is 4.11. The van der Waals surface area contributed by atoms with Gasteiger partial charge in [-0.05, 0) is 32.0 Å². The molecular formula is C12H13Cl2N5O. The average Bonchev–Trinajstić information content (AvgIpc) is 2.24. The SMILES string of the molecule is CC(C)Oc1nc(N)nc(Nc2cc(Cl)cc(Cl)c2)n1. The molecule has 6 nitrogen and oxygen atoms in total. The molecule has 3 N–H and O–H groups in total. The maximum absolute atomic E-state index is 5.92. The van der Waals surface area contributed by atoms with E-state index < -0.39 is 0 Å². The summed E-state index contributed by atoms with van der Waals surface area (Å²) in [6.07, 6.45) is -0.0646. The van der Waals surface area contributed by atoms with Gasteiger partial charge in [-0.3, -0.25) is 0 Å². The summed E-state index contributed by atoms with van der Waals surface area (Å²) in [5.74, 6) is 0.317. The Morgan fingerprint density at radius 3 is 2.35 bits per heavy atom. The minimum absolute atomic E-state index is 0.0614. The van der Waals surface area contributed by atoms with Crippen LogP contribution in [0.5, 0.6) is 6.01 Å². The molecule has 2 aromatic rings. The van der Waals surface area contributed by atoms with Gasteiger partial charge in [-0.2, -0.15) is 15.0 Å². The molecule has 2 rings (SSSR count). The maximum Gasteiger partial charge on any atom is 0.323 e. The van der Waals surface area contributed by atoms with Crippen LogP contribution in [0.1, 0.15) is 13.8 Å². The second-order valence-corrected chi connectivity index (χ2v) is 5.12. The molecule has 0 fully saturated rings. The van der Waals surface area contributed by atoms with Crippen molar-refractivity contribution < 1.29 is 4.74 Å². The van der Waals surface area contributed by atoms with Crippen LogP contribution in [0.3, 0.4) is 0 Å². The lowest BCUT2D eigenvalue weighted by Gasteiger charge is -2.10. The van der Waals surface area contributed by atoms with Gasteiger partial charge in [-0.25, -0.2) is 0 Å². The summed E-state index contributed by atoms with van der Waals surface area (Å²) < 4.78 is 5.39. The molecule has 1 aromatic carbocycles. The van der Waals surface area contributed by atoms with E-state index in [2.05, 4.69) is 20.3 Å². The van der Waals surface area contributed by atoms with E-state index in [1.165, 1.54) is 0 Å². The third-order valence-corrected chi connectivity index (χ3v) is 2.53. The topological polar surface area (TPSA) is 86.0 Å². The van der Waals surface area contributed by atoms with Crippen LogP contribution in [0.4, 0.5) is 17.6 Å². The van der Waals surface area contributed by atoms with Crippen LogP contribution in [0.25, 0.3) is 0 Å². The van der Waals surface area contributed by atoms with Gasteiger partial charge in [0, 0.05) is 15.7 Å². The monoisotopic (exact) mass is 313 g/mol. The third-order valence-electron chi connectivity index (χ3n) is 2.09. The highest BCUT2D eigenvalue weighted by Crippen LogP contribution is 2.24. The lowest BCUT2D eigenvalue weighted by Crippen LogP contribution is -2.11. The van der Waals surface area contributed by atoms with Crippen molar-refractivity contribution in [3.63, 3.8) is 0 Å². The van der Waals surface area contributed by atoms with E-state index >= 15 is 0 Å². The van der Waals surface area contributed by atoms with Crippen molar-refractivity contribution in [1.82, 2.24) is 15.0 Å². The van der Waals surface area contributed by atoms with Crippen molar-refractivity contribution in [1.29, 1.82) is 0 Å². The number of anilines is 3. The number of benzene rings is 1. The highest BCUT2D eigenvalue weighted by atomic mass is 35.5. The molecule has 0 aliphatic carbocycles. The van der Waals surface area contributed by atoms with Gasteiger partial charge < -0.3 is 15.8 Å². The van der Waals surface area contributed by atoms with Gasteiger partial charge in [-0.15, -0.1) is 0 Å². The van der Waals surface area contributed by atoms with Gasteiger partial charge in [0.15, 0.2) is 0 Å². The number of ether oxygens (including phenoxy) is 1. The molecule has 1 heterocycles. The summed E-state index contributed by atoms with van der Waals surface area (Å²) in [5.41, 5.74) is 6.26. The zero-order valence-corrected chi connectivity index (χ0v) is 12.4. The number of hydrogen-bond donors (Lipinski definition) is 2. The highest BCUT2D eigenvalue weighted by Gasteiger charge is 2.08. The Hall–Kier alpha value is -1.79. The zero-order chi connectivity index (χ0) is 14.7. The second kappa shape index (κ2) is 6.11. The van der Waals surface area contributed by atoms with Crippen LogP contribution in [0, 0.1) is 0 Å². The lowest BCUT2D eigenvalue weighted by atomic mass is 10.3. The molecular weight excluding hydrogens is 301 g/mol. The van der Waals surface area contributed by atoms with Gasteiger partial charge in [0.1, 0.15) is 0 Å². The molecule has 0 radical (unpaired) electrons. The molecule has 0 spiro atoms. The van der Waals surface area contributed by atoms with Crippen molar-refractivity contribution in [2.45, 2.75) is 20.0 Å². The van der Waals surface area contributed by atoms with Crippen LogP contribution >= 0.6 is 23.2 Å². The minimum atomic E-state index is -0.0646. The fraction of sp³-hybridized carbons (Fsp3) is 0.250. The van der Waals surface area contributed by atoms with Crippen molar-refractivity contribution in [3.8, 4) is 6.01 Å². The van der Waals surface area contributed by atoms with Crippen molar-refractivity contribution >= 4 is 40.8 Å². The quantitative estimate of drug-likeness (QED) is 0.900. The Bertz CT molecular complexity index is 601. The largest absolute Gasteiger partial charge is 0.461 e. The summed E-state index contributed by atoms with van der Waals surface area (Å²) in [6.45, 7) is 3.73. The Balaban J connectivity index is 2.26. The molecule has 106 valence electrons. The van der Waals surface area contributed by atoms with E-state index in [4.69, 9.17) is 33.7 Å². The van der Waals surface area contributed by atoms with Gasteiger partial charge in [0.25, 0.3) is 0 Å². The summed E-state index contributed by atoms with van der Waals surface area (Å²) in [5, 5.41) is 3.95. The predicted octanol–water partition coefficient (Wildman–Crippen LogP) is 3.29. The van der Waals surface area contributed by atoms with Gasteiger partial charge in [-0.1, -0.05) is 23.2 Å². The Morgan fingerprint density at radius 1 is 1.10 bits per heavy atom. The van der Waals surface area contributed by atoms with Crippen LogP contribution in [0.2, 0.25) is 10.0 Å². The van der Waals surface area contributed by atoms with Gasteiger partial charge in [0.05, 0.1) is 6.10 Å². The standard InChI is InChI=1S/C12H13Cl2N5O/c1-6(2)20-12-18-10(15)17-11(19-12)16-9-4-7(13)3-8(14)5-9/h3-6H,1-2H3,(H3,15,16,17,18,19). The molecule has 0 atom stereocenters. The summed E-state index contributed by atoms with van der Waals surface area (Å²) in [4.78, 5) is 12.0. The molecule has 1 aromatic heterocycles. The first kappa shape index (κ1) is 14.6. The maximum atomic E-state index is 5.92. The average molecular weight is 314 g/mol. The summed E-state index contributed by atoms with van der Waals surface area (Å²) >= 11 is 11.8. The molecule has 0 saturated carbocycles. The normalized spacial score (nSPS) is 10.7. The molecule has 0 saturated heterocycles. The zero-order valence-electron chi connectivity index (χ0n) is 10.9. The van der Waals surface area contributed by atoms with Gasteiger partial charge >= 0.3 is 6.01 Å². The first-order chi connectivity index (χ1) is 9.42. The molecule has 0 aliphatic rings. The number of halogens is 2. The van der Waals surface area contributed by atoms with Crippen LogP contribution in [0.15, 0.2) is 18.2 Å². The van der Waals surface area contributed by atoms with E-state index in [0.29, 0.717) is 15.7 Å². The van der Waals surface area contributed by atoms with E-state index in [1.54, 1.807) is 18.2 Å².